The van der Waals surface area contributed by atoms with Crippen LogP contribution in [0.1, 0.15) is 19.0 Å². The summed E-state index contributed by atoms with van der Waals surface area (Å²) in [6.45, 7) is 4.26. The van der Waals surface area contributed by atoms with E-state index in [2.05, 4.69) is 9.71 Å². The van der Waals surface area contributed by atoms with Crippen LogP contribution in [0.3, 0.4) is 0 Å². The zero-order valence-electron chi connectivity index (χ0n) is 11.8. The lowest BCUT2D eigenvalue weighted by Crippen LogP contribution is -2.12. The smallest absolute Gasteiger partial charge is 0.273 e. The van der Waals surface area contributed by atoms with Gasteiger partial charge in [0.2, 0.25) is 0 Å². The topological polar surface area (TPSA) is 94.3 Å². The highest BCUT2D eigenvalue weighted by molar-refractivity contribution is 7.94. The average molecular weight is 327 g/mol. The fourth-order valence-corrected chi connectivity index (χ4v) is 4.05. The number of sulfonamides is 1. The van der Waals surface area contributed by atoms with Gasteiger partial charge >= 0.3 is 0 Å². The van der Waals surface area contributed by atoms with Gasteiger partial charge < -0.3 is 10.5 Å². The summed E-state index contributed by atoms with van der Waals surface area (Å²) in [5.41, 5.74) is 6.39. The van der Waals surface area contributed by atoms with Crippen molar-refractivity contribution in [3.8, 4) is 5.75 Å². The monoisotopic (exact) mass is 327 g/mol. The molecule has 0 fully saturated rings. The van der Waals surface area contributed by atoms with E-state index >= 15 is 0 Å². The Hall–Kier alpha value is -1.80. The summed E-state index contributed by atoms with van der Waals surface area (Å²) in [5.74, 6) is 0.706. The Morgan fingerprint density at radius 2 is 2.00 bits per heavy atom. The van der Waals surface area contributed by atoms with Crippen LogP contribution >= 0.6 is 11.3 Å². The van der Waals surface area contributed by atoms with Gasteiger partial charge in [0.05, 0.1) is 12.3 Å². The molecule has 6 nitrogen and oxygen atoms in total. The number of nitrogen functional groups attached to an aromatic ring is 1. The second-order valence-electron chi connectivity index (χ2n) is 4.40. The minimum absolute atomic E-state index is 0.131. The normalized spacial score (nSPS) is 11.3. The Morgan fingerprint density at radius 1 is 1.33 bits per heavy atom. The molecule has 21 heavy (non-hydrogen) atoms. The average Bonchev–Trinajstić information content (AvgIpc) is 2.77. The minimum atomic E-state index is -3.67. The number of rotatable bonds is 6. The second kappa shape index (κ2) is 6.31. The van der Waals surface area contributed by atoms with Crippen LogP contribution in [-0.4, -0.2) is 20.0 Å². The number of anilines is 2. The summed E-state index contributed by atoms with van der Waals surface area (Å²) in [7, 11) is -3.67. The molecule has 0 aliphatic rings. The van der Waals surface area contributed by atoms with E-state index in [0.29, 0.717) is 23.7 Å². The number of aromatic nitrogens is 1. The van der Waals surface area contributed by atoms with Crippen LogP contribution in [0.5, 0.6) is 5.75 Å². The molecule has 0 saturated carbocycles. The highest BCUT2D eigenvalue weighted by Gasteiger charge is 2.21. The maximum absolute atomic E-state index is 12.3. The number of ether oxygens (including phenoxy) is 1. The molecule has 2 rings (SSSR count). The molecule has 0 atom stereocenters. The fourth-order valence-electron chi connectivity index (χ4n) is 1.69. The van der Waals surface area contributed by atoms with Gasteiger partial charge in [-0.2, -0.15) is 0 Å². The van der Waals surface area contributed by atoms with Crippen molar-refractivity contribution in [2.75, 3.05) is 17.1 Å². The van der Waals surface area contributed by atoms with Gasteiger partial charge in [-0.3, -0.25) is 4.72 Å². The van der Waals surface area contributed by atoms with Crippen LogP contribution < -0.4 is 15.2 Å². The molecule has 8 heteroatoms. The standard InChI is InChI=1S/C13H17N3O3S2/c1-3-8-19-11-6-4-10(5-7-11)16-21(17,18)12-9(2)15-13(14)20-12/h4-7,16H,3,8H2,1-2H3,(H2,14,15). The van der Waals surface area contributed by atoms with Crippen molar-refractivity contribution < 1.29 is 13.2 Å². The van der Waals surface area contributed by atoms with Crippen molar-refractivity contribution >= 4 is 32.2 Å². The Morgan fingerprint density at radius 3 is 2.52 bits per heavy atom. The van der Waals surface area contributed by atoms with Crippen LogP contribution in [0.25, 0.3) is 0 Å². The van der Waals surface area contributed by atoms with Gasteiger partial charge in [-0.1, -0.05) is 18.3 Å². The Bertz CT molecular complexity index is 709. The zero-order valence-corrected chi connectivity index (χ0v) is 13.4. The van der Waals surface area contributed by atoms with E-state index in [4.69, 9.17) is 10.5 Å². The molecule has 0 unspecified atom stereocenters. The van der Waals surface area contributed by atoms with E-state index in [-0.39, 0.29) is 9.34 Å². The number of hydrogen-bond acceptors (Lipinski definition) is 6. The van der Waals surface area contributed by atoms with E-state index in [1.54, 1.807) is 31.2 Å². The van der Waals surface area contributed by atoms with Crippen molar-refractivity contribution in [3.05, 3.63) is 30.0 Å². The predicted molar refractivity (Wildman–Crippen MR) is 84.3 cm³/mol. The molecular formula is C13H17N3O3S2. The molecule has 0 saturated heterocycles. The third-order valence-electron chi connectivity index (χ3n) is 2.59. The van der Waals surface area contributed by atoms with Crippen molar-refractivity contribution in [2.45, 2.75) is 24.5 Å². The first-order valence-corrected chi connectivity index (χ1v) is 8.71. The Kier molecular flexibility index (Phi) is 4.69. The molecule has 0 radical (unpaired) electrons. The molecule has 3 N–H and O–H groups in total. The van der Waals surface area contributed by atoms with Crippen LogP contribution in [0.2, 0.25) is 0 Å². The highest BCUT2D eigenvalue weighted by Crippen LogP contribution is 2.27. The second-order valence-corrected chi connectivity index (χ2v) is 7.31. The van der Waals surface area contributed by atoms with Gasteiger partial charge in [-0.05, 0) is 37.6 Å². The van der Waals surface area contributed by atoms with Crippen molar-refractivity contribution in [1.82, 2.24) is 4.98 Å². The van der Waals surface area contributed by atoms with Crippen molar-refractivity contribution in [1.29, 1.82) is 0 Å². The number of nitrogens with one attached hydrogen (secondary N) is 1. The molecular weight excluding hydrogens is 310 g/mol. The summed E-state index contributed by atoms with van der Waals surface area (Å²) in [4.78, 5) is 3.92. The maximum Gasteiger partial charge on any atom is 0.273 e. The summed E-state index contributed by atoms with van der Waals surface area (Å²) in [6.07, 6.45) is 0.917. The van der Waals surface area contributed by atoms with E-state index in [9.17, 15) is 8.42 Å². The van der Waals surface area contributed by atoms with E-state index in [1.807, 2.05) is 6.92 Å². The first kappa shape index (κ1) is 15.6. The third kappa shape index (κ3) is 3.85. The largest absolute Gasteiger partial charge is 0.494 e. The number of benzene rings is 1. The molecule has 0 amide bonds. The molecule has 0 aliphatic heterocycles. The van der Waals surface area contributed by atoms with Gasteiger partial charge in [-0.15, -0.1) is 0 Å². The quantitative estimate of drug-likeness (QED) is 0.850. The van der Waals surface area contributed by atoms with E-state index in [0.717, 1.165) is 17.8 Å². The summed E-state index contributed by atoms with van der Waals surface area (Å²) < 4.78 is 32.6. The fraction of sp³-hybridized carbons (Fsp3) is 0.308. The molecule has 0 bridgehead atoms. The lowest BCUT2D eigenvalue weighted by atomic mass is 10.3. The van der Waals surface area contributed by atoms with Gasteiger partial charge in [0.25, 0.3) is 10.0 Å². The molecule has 2 aromatic rings. The van der Waals surface area contributed by atoms with Crippen molar-refractivity contribution in [3.63, 3.8) is 0 Å². The van der Waals surface area contributed by atoms with Gasteiger partial charge in [0.1, 0.15) is 5.75 Å². The van der Waals surface area contributed by atoms with Crippen molar-refractivity contribution in [2.24, 2.45) is 0 Å². The molecule has 1 aromatic carbocycles. The first-order chi connectivity index (χ1) is 9.92. The third-order valence-corrected chi connectivity index (χ3v) is 5.57. The number of aryl methyl sites for hydroxylation is 1. The molecule has 0 spiro atoms. The van der Waals surface area contributed by atoms with Crippen LogP contribution in [0.15, 0.2) is 28.5 Å². The van der Waals surface area contributed by atoms with E-state index in [1.165, 1.54) is 0 Å². The number of nitrogens with zero attached hydrogens (tertiary/aromatic N) is 1. The molecule has 0 aliphatic carbocycles. The SMILES string of the molecule is CCCOc1ccc(NS(=O)(=O)c2sc(N)nc2C)cc1. The van der Waals surface area contributed by atoms with Gasteiger partial charge in [0, 0.05) is 5.69 Å². The molecule has 1 heterocycles. The van der Waals surface area contributed by atoms with Crippen LogP contribution in [-0.2, 0) is 10.0 Å². The Balaban J connectivity index is 2.15. The van der Waals surface area contributed by atoms with Crippen LogP contribution in [0.4, 0.5) is 10.8 Å². The number of thiazole rings is 1. The summed E-state index contributed by atoms with van der Waals surface area (Å²) >= 11 is 0.946. The first-order valence-electron chi connectivity index (χ1n) is 6.41. The van der Waals surface area contributed by atoms with Crippen LogP contribution in [0, 0.1) is 6.92 Å². The summed E-state index contributed by atoms with van der Waals surface area (Å²) in [5, 5.41) is 0.233. The molecule has 114 valence electrons. The van der Waals surface area contributed by atoms with E-state index < -0.39 is 10.0 Å². The minimum Gasteiger partial charge on any atom is -0.494 e. The Labute approximate surface area is 128 Å². The number of nitrogens with two attached hydrogens (primary N) is 1. The molecule has 1 aromatic heterocycles. The number of hydrogen-bond donors (Lipinski definition) is 2. The van der Waals surface area contributed by atoms with Gasteiger partial charge in [0.15, 0.2) is 9.34 Å². The van der Waals surface area contributed by atoms with Gasteiger partial charge in [-0.25, -0.2) is 13.4 Å². The highest BCUT2D eigenvalue weighted by atomic mass is 32.2. The summed E-state index contributed by atoms with van der Waals surface area (Å²) in [6, 6.07) is 6.76. The predicted octanol–water partition coefficient (Wildman–Crippen LogP) is 2.62. The zero-order chi connectivity index (χ0) is 15.5. The lowest BCUT2D eigenvalue weighted by molar-refractivity contribution is 0.317. The maximum atomic E-state index is 12.3. The lowest BCUT2D eigenvalue weighted by Gasteiger charge is -2.08.